The lowest BCUT2D eigenvalue weighted by Crippen LogP contribution is -2.06. The molecule has 3 N–H and O–H groups in total. The molecule has 0 atom stereocenters. The maximum Gasteiger partial charge on any atom is 0.190 e. The molecule has 2 heterocycles. The molecule has 152 valence electrons. The largest absolute Gasteiger partial charge is 0.491 e. The van der Waals surface area contributed by atoms with Crippen LogP contribution in [0.3, 0.4) is 0 Å². The van der Waals surface area contributed by atoms with Crippen LogP contribution < -0.4 is 10.5 Å². The summed E-state index contributed by atoms with van der Waals surface area (Å²) in [5, 5.41) is 20.1. The number of rotatable bonds is 6. The Balaban J connectivity index is 1.74. The number of halogens is 2. The molecular weight excluding hydrogens is 394 g/mol. The molecule has 4 aromatic rings. The second-order valence-corrected chi connectivity index (χ2v) is 6.24. The number of nitrogens with zero attached hydrogens (tertiary/aromatic N) is 5. The van der Waals surface area contributed by atoms with Crippen molar-refractivity contribution in [2.24, 2.45) is 0 Å². The lowest BCUT2D eigenvalue weighted by molar-refractivity contribution is 0.201. The predicted octanol–water partition coefficient (Wildman–Crippen LogP) is 2.62. The van der Waals surface area contributed by atoms with Crippen molar-refractivity contribution < 1.29 is 18.6 Å². The maximum absolute atomic E-state index is 14.3. The molecule has 0 spiro atoms. The summed E-state index contributed by atoms with van der Waals surface area (Å²) in [7, 11) is 0. The summed E-state index contributed by atoms with van der Waals surface area (Å²) in [6.07, 6.45) is 1.58. The molecule has 0 amide bonds. The molecule has 0 aliphatic heterocycles. The van der Waals surface area contributed by atoms with Crippen LogP contribution in [0.4, 0.5) is 14.6 Å². The SMILES string of the molecule is Nc1ncc(-c2ccc(OCCO)cc2)cc1-c1nnnn1-c1cccc(F)c1F. The first-order chi connectivity index (χ1) is 14.6. The molecule has 4 rings (SSSR count). The minimum absolute atomic E-state index is 0.0758. The van der Waals surface area contributed by atoms with Crippen LogP contribution in [0.2, 0.25) is 0 Å². The number of hydrogen-bond acceptors (Lipinski definition) is 7. The second kappa shape index (κ2) is 8.21. The molecule has 0 bridgehead atoms. The van der Waals surface area contributed by atoms with Crippen LogP contribution >= 0.6 is 0 Å². The lowest BCUT2D eigenvalue weighted by Gasteiger charge is -2.10. The smallest absolute Gasteiger partial charge is 0.190 e. The van der Waals surface area contributed by atoms with Crippen molar-refractivity contribution in [1.82, 2.24) is 25.2 Å². The Kier molecular flexibility index (Phi) is 5.31. The van der Waals surface area contributed by atoms with Gasteiger partial charge in [-0.1, -0.05) is 18.2 Å². The number of benzene rings is 2. The first-order valence-corrected chi connectivity index (χ1v) is 8.91. The normalized spacial score (nSPS) is 10.9. The summed E-state index contributed by atoms with van der Waals surface area (Å²) in [4.78, 5) is 4.19. The number of ether oxygens (including phenoxy) is 1. The van der Waals surface area contributed by atoms with E-state index in [2.05, 4.69) is 20.5 Å². The molecular formula is C20H16F2N6O2. The summed E-state index contributed by atoms with van der Waals surface area (Å²) in [6, 6.07) is 12.6. The molecule has 0 aliphatic rings. The Morgan fingerprint density at radius 1 is 1.07 bits per heavy atom. The lowest BCUT2D eigenvalue weighted by atomic mass is 10.0. The van der Waals surface area contributed by atoms with E-state index in [1.807, 2.05) is 12.1 Å². The Morgan fingerprint density at radius 3 is 2.63 bits per heavy atom. The number of anilines is 1. The van der Waals surface area contributed by atoms with Gasteiger partial charge in [-0.15, -0.1) is 5.10 Å². The van der Waals surface area contributed by atoms with Crippen molar-refractivity contribution in [1.29, 1.82) is 0 Å². The van der Waals surface area contributed by atoms with Gasteiger partial charge in [-0.25, -0.2) is 13.8 Å². The van der Waals surface area contributed by atoms with Crippen molar-refractivity contribution in [3.8, 4) is 34.0 Å². The average Bonchev–Trinajstić information content (AvgIpc) is 3.24. The summed E-state index contributed by atoms with van der Waals surface area (Å²) in [6.45, 7) is 0.125. The Labute approximate surface area is 169 Å². The molecule has 0 aliphatic carbocycles. The van der Waals surface area contributed by atoms with Gasteiger partial charge in [0.15, 0.2) is 17.5 Å². The van der Waals surface area contributed by atoms with Crippen LogP contribution in [0, 0.1) is 11.6 Å². The van der Waals surface area contributed by atoms with E-state index in [1.54, 1.807) is 24.4 Å². The van der Waals surface area contributed by atoms with E-state index in [1.165, 1.54) is 12.1 Å². The third-order valence-corrected chi connectivity index (χ3v) is 4.34. The van der Waals surface area contributed by atoms with Crippen LogP contribution in [-0.2, 0) is 0 Å². The molecule has 2 aromatic heterocycles. The molecule has 30 heavy (non-hydrogen) atoms. The fraction of sp³-hybridized carbons (Fsp3) is 0.100. The zero-order chi connectivity index (χ0) is 21.1. The van der Waals surface area contributed by atoms with Gasteiger partial charge in [0.1, 0.15) is 23.9 Å². The third-order valence-electron chi connectivity index (χ3n) is 4.34. The van der Waals surface area contributed by atoms with Gasteiger partial charge < -0.3 is 15.6 Å². The number of aromatic nitrogens is 5. The number of tetrazole rings is 1. The van der Waals surface area contributed by atoms with E-state index in [0.717, 1.165) is 16.3 Å². The van der Waals surface area contributed by atoms with Gasteiger partial charge >= 0.3 is 0 Å². The van der Waals surface area contributed by atoms with Gasteiger partial charge in [0.05, 0.1) is 12.2 Å². The molecule has 2 aromatic carbocycles. The van der Waals surface area contributed by atoms with Crippen molar-refractivity contribution in [3.63, 3.8) is 0 Å². The van der Waals surface area contributed by atoms with E-state index in [4.69, 9.17) is 15.6 Å². The van der Waals surface area contributed by atoms with Gasteiger partial charge in [0.25, 0.3) is 0 Å². The fourth-order valence-corrected chi connectivity index (χ4v) is 2.89. The summed E-state index contributed by atoms with van der Waals surface area (Å²) in [5.41, 5.74) is 7.76. The maximum atomic E-state index is 14.3. The van der Waals surface area contributed by atoms with Crippen molar-refractivity contribution >= 4 is 5.82 Å². The van der Waals surface area contributed by atoms with Crippen molar-refractivity contribution in [2.75, 3.05) is 18.9 Å². The molecule has 0 saturated heterocycles. The van der Waals surface area contributed by atoms with Crippen LogP contribution in [0.5, 0.6) is 5.75 Å². The number of nitrogens with two attached hydrogens (primary N) is 1. The minimum atomic E-state index is -1.08. The highest BCUT2D eigenvalue weighted by Crippen LogP contribution is 2.30. The first-order valence-electron chi connectivity index (χ1n) is 8.91. The highest BCUT2D eigenvalue weighted by Gasteiger charge is 2.19. The van der Waals surface area contributed by atoms with Crippen LogP contribution in [-0.4, -0.2) is 43.5 Å². The van der Waals surface area contributed by atoms with E-state index in [0.29, 0.717) is 16.9 Å². The van der Waals surface area contributed by atoms with Crippen molar-refractivity contribution in [3.05, 3.63) is 66.4 Å². The van der Waals surface area contributed by atoms with Gasteiger partial charge in [-0.05, 0) is 46.3 Å². The third kappa shape index (κ3) is 3.67. The zero-order valence-corrected chi connectivity index (χ0v) is 15.5. The molecule has 0 radical (unpaired) electrons. The quantitative estimate of drug-likeness (QED) is 0.502. The van der Waals surface area contributed by atoms with E-state index in [9.17, 15) is 8.78 Å². The Bertz CT molecular complexity index is 1180. The molecule has 8 nitrogen and oxygen atoms in total. The highest BCUT2D eigenvalue weighted by atomic mass is 19.2. The summed E-state index contributed by atoms with van der Waals surface area (Å²) < 4.78 is 34.4. The van der Waals surface area contributed by atoms with Gasteiger partial charge in [0.2, 0.25) is 0 Å². The van der Waals surface area contributed by atoms with Gasteiger partial charge in [0, 0.05) is 11.8 Å². The first kappa shape index (κ1) is 19.4. The topological polar surface area (TPSA) is 112 Å². The highest BCUT2D eigenvalue weighted by molar-refractivity contribution is 5.76. The van der Waals surface area contributed by atoms with Gasteiger partial charge in [-0.2, -0.15) is 4.68 Å². The number of aliphatic hydroxyl groups excluding tert-OH is 1. The standard InChI is InChI=1S/C20H16F2N6O2/c21-16-2-1-3-17(18(16)22)28-20(25-26-27-28)15-10-13(11-24-19(15)23)12-4-6-14(7-5-12)30-9-8-29/h1-7,10-11,29H,8-9H2,(H2,23,24). The number of nitrogen functional groups attached to an aromatic ring is 1. The second-order valence-electron chi connectivity index (χ2n) is 6.24. The Hall–Kier alpha value is -3.92. The van der Waals surface area contributed by atoms with E-state index < -0.39 is 11.6 Å². The number of hydrogen-bond donors (Lipinski definition) is 2. The monoisotopic (exact) mass is 410 g/mol. The fourth-order valence-electron chi connectivity index (χ4n) is 2.89. The summed E-state index contributed by atoms with van der Waals surface area (Å²) in [5.74, 6) is -1.23. The Morgan fingerprint density at radius 2 is 1.87 bits per heavy atom. The zero-order valence-electron chi connectivity index (χ0n) is 15.5. The average molecular weight is 410 g/mol. The van der Waals surface area contributed by atoms with Crippen molar-refractivity contribution in [2.45, 2.75) is 0 Å². The molecule has 10 heteroatoms. The van der Waals surface area contributed by atoms with Crippen LogP contribution in [0.1, 0.15) is 0 Å². The van der Waals surface area contributed by atoms with Crippen LogP contribution in [0.15, 0.2) is 54.7 Å². The van der Waals surface area contributed by atoms with Crippen LogP contribution in [0.25, 0.3) is 28.2 Å². The number of pyridine rings is 1. The molecule has 0 fully saturated rings. The summed E-state index contributed by atoms with van der Waals surface area (Å²) >= 11 is 0. The minimum Gasteiger partial charge on any atom is -0.491 e. The number of aliphatic hydroxyl groups is 1. The van der Waals surface area contributed by atoms with E-state index in [-0.39, 0.29) is 30.5 Å². The molecule has 0 unspecified atom stereocenters. The van der Waals surface area contributed by atoms with E-state index >= 15 is 0 Å². The molecule has 0 saturated carbocycles. The van der Waals surface area contributed by atoms with Gasteiger partial charge in [-0.3, -0.25) is 0 Å². The predicted molar refractivity (Wildman–Crippen MR) is 105 cm³/mol.